The Morgan fingerprint density at radius 2 is 1.87 bits per heavy atom. The minimum Gasteiger partial charge on any atom is -0.390 e. The maximum atomic E-state index is 12.4. The zero-order valence-electron chi connectivity index (χ0n) is 12.7. The predicted octanol–water partition coefficient (Wildman–Crippen LogP) is 2.07. The highest BCUT2D eigenvalue weighted by Gasteiger charge is 2.31. The third-order valence-electron chi connectivity index (χ3n) is 4.26. The van der Waals surface area contributed by atoms with Crippen LogP contribution in [0.2, 0.25) is 0 Å². The van der Waals surface area contributed by atoms with Crippen molar-refractivity contribution in [1.29, 1.82) is 5.26 Å². The van der Waals surface area contributed by atoms with E-state index in [4.69, 9.17) is 5.26 Å². The Labute approximate surface area is 135 Å². The highest BCUT2D eigenvalue weighted by atomic mass is 16.3. The van der Waals surface area contributed by atoms with Crippen LogP contribution in [0.3, 0.4) is 0 Å². The quantitative estimate of drug-likeness (QED) is 0.908. The molecule has 2 N–H and O–H groups in total. The maximum Gasteiger partial charge on any atom is 0.225 e. The van der Waals surface area contributed by atoms with Crippen LogP contribution in [0.25, 0.3) is 0 Å². The van der Waals surface area contributed by atoms with Crippen LogP contribution < -0.4 is 5.32 Å². The van der Waals surface area contributed by atoms with Gasteiger partial charge in [0.25, 0.3) is 0 Å². The molecule has 2 atom stereocenters. The number of carbonyl (C=O) groups excluding carboxylic acids is 1. The molecule has 2 unspecified atom stereocenters. The smallest absolute Gasteiger partial charge is 0.225 e. The van der Waals surface area contributed by atoms with Gasteiger partial charge in [-0.15, -0.1) is 0 Å². The molecular formula is C19H18N2O2. The summed E-state index contributed by atoms with van der Waals surface area (Å²) in [7, 11) is 0. The first kappa shape index (κ1) is 15.3. The second-order valence-electron chi connectivity index (χ2n) is 5.80. The van der Waals surface area contributed by atoms with Crippen molar-refractivity contribution in [2.75, 3.05) is 0 Å². The van der Waals surface area contributed by atoms with Crippen molar-refractivity contribution in [3.05, 3.63) is 70.8 Å². The summed E-state index contributed by atoms with van der Waals surface area (Å²) in [4.78, 5) is 12.4. The van der Waals surface area contributed by atoms with E-state index in [0.717, 1.165) is 22.3 Å². The Bertz CT molecular complexity index is 764. The molecule has 2 aromatic carbocycles. The molecule has 0 fully saturated rings. The van der Waals surface area contributed by atoms with Crippen LogP contribution in [0, 0.1) is 11.3 Å². The van der Waals surface area contributed by atoms with Crippen LogP contribution >= 0.6 is 0 Å². The number of hydrogen-bond donors (Lipinski definition) is 2. The second-order valence-corrected chi connectivity index (χ2v) is 5.80. The predicted molar refractivity (Wildman–Crippen MR) is 86.5 cm³/mol. The summed E-state index contributed by atoms with van der Waals surface area (Å²) in [6, 6.07) is 17.0. The fraction of sp³-hybridized carbons (Fsp3) is 0.263. The minimum atomic E-state index is -0.592. The molecule has 0 radical (unpaired) electrons. The summed E-state index contributed by atoms with van der Waals surface area (Å²) < 4.78 is 0. The lowest BCUT2D eigenvalue weighted by Gasteiger charge is -2.18. The molecule has 0 saturated carbocycles. The first-order valence-corrected chi connectivity index (χ1v) is 7.68. The second kappa shape index (κ2) is 6.64. The van der Waals surface area contributed by atoms with E-state index >= 15 is 0 Å². The Balaban J connectivity index is 1.72. The average molecular weight is 306 g/mol. The number of aliphatic hydroxyl groups excluding tert-OH is 1. The van der Waals surface area contributed by atoms with E-state index in [9.17, 15) is 9.90 Å². The van der Waals surface area contributed by atoms with E-state index in [2.05, 4.69) is 11.4 Å². The number of aliphatic hydroxyl groups is 1. The molecule has 0 heterocycles. The van der Waals surface area contributed by atoms with Crippen molar-refractivity contribution in [1.82, 2.24) is 5.32 Å². The van der Waals surface area contributed by atoms with Gasteiger partial charge in [0.2, 0.25) is 5.91 Å². The highest BCUT2D eigenvalue weighted by Crippen LogP contribution is 2.31. The van der Waals surface area contributed by atoms with Crippen molar-refractivity contribution in [3.8, 4) is 6.07 Å². The van der Waals surface area contributed by atoms with Crippen LogP contribution in [-0.4, -0.2) is 17.1 Å². The van der Waals surface area contributed by atoms with Crippen molar-refractivity contribution in [2.24, 2.45) is 0 Å². The van der Waals surface area contributed by atoms with Gasteiger partial charge in [-0.1, -0.05) is 48.5 Å². The minimum absolute atomic E-state index is 0.142. The molecule has 0 aliphatic heterocycles. The highest BCUT2D eigenvalue weighted by molar-refractivity contribution is 5.79. The largest absolute Gasteiger partial charge is 0.390 e. The third-order valence-corrected chi connectivity index (χ3v) is 4.26. The number of nitriles is 1. The molecule has 4 nitrogen and oxygen atoms in total. The molecular weight excluding hydrogens is 288 g/mol. The molecule has 3 rings (SSSR count). The van der Waals surface area contributed by atoms with E-state index in [1.165, 1.54) is 0 Å². The Kier molecular flexibility index (Phi) is 4.40. The van der Waals surface area contributed by atoms with Gasteiger partial charge in [0.05, 0.1) is 31.1 Å². The molecule has 0 spiro atoms. The number of carbonyl (C=O) groups is 1. The monoisotopic (exact) mass is 306 g/mol. The van der Waals surface area contributed by atoms with Crippen molar-refractivity contribution in [3.63, 3.8) is 0 Å². The molecule has 2 aromatic rings. The fourth-order valence-electron chi connectivity index (χ4n) is 3.13. The Morgan fingerprint density at radius 1 is 1.17 bits per heavy atom. The first-order chi connectivity index (χ1) is 11.2. The van der Waals surface area contributed by atoms with E-state index < -0.39 is 6.10 Å². The summed E-state index contributed by atoms with van der Waals surface area (Å²) in [5.41, 5.74) is 3.79. The number of hydrogen-bond acceptors (Lipinski definition) is 3. The van der Waals surface area contributed by atoms with E-state index in [0.29, 0.717) is 12.8 Å². The number of nitrogens with one attached hydrogen (secondary N) is 1. The number of fused-ring (bicyclic) bond motifs is 1. The van der Waals surface area contributed by atoms with Crippen LogP contribution in [0.5, 0.6) is 0 Å². The SMILES string of the molecule is N#CCc1ccccc1CC(=O)NC1c2ccccc2CC1O. The lowest BCUT2D eigenvalue weighted by Crippen LogP contribution is -2.35. The van der Waals surface area contributed by atoms with Crippen LogP contribution in [0.15, 0.2) is 48.5 Å². The normalized spacial score (nSPS) is 19.0. The fourth-order valence-corrected chi connectivity index (χ4v) is 3.13. The number of rotatable bonds is 4. The first-order valence-electron chi connectivity index (χ1n) is 7.68. The standard InChI is InChI=1S/C19H18N2O2/c20-10-9-13-5-1-2-6-14(13)12-18(23)21-19-16-8-4-3-7-15(16)11-17(19)22/h1-8,17,19,22H,9,11-12H2,(H,21,23). The third kappa shape index (κ3) is 3.25. The van der Waals surface area contributed by atoms with Gasteiger partial charge < -0.3 is 10.4 Å². The molecule has 116 valence electrons. The lowest BCUT2D eigenvalue weighted by atomic mass is 10.0. The zero-order valence-corrected chi connectivity index (χ0v) is 12.7. The number of nitrogens with zero attached hydrogens (tertiary/aromatic N) is 1. The van der Waals surface area contributed by atoms with Crippen molar-refractivity contribution >= 4 is 5.91 Å². The number of amides is 1. The van der Waals surface area contributed by atoms with Gasteiger partial charge in [-0.05, 0) is 22.3 Å². The van der Waals surface area contributed by atoms with Gasteiger partial charge in [0.1, 0.15) is 0 Å². The molecule has 1 aliphatic carbocycles. The summed E-state index contributed by atoms with van der Waals surface area (Å²) in [5.74, 6) is -0.142. The van der Waals surface area contributed by atoms with Gasteiger partial charge in [0.15, 0.2) is 0 Å². The van der Waals surface area contributed by atoms with Gasteiger partial charge in [0, 0.05) is 6.42 Å². The van der Waals surface area contributed by atoms with E-state index in [-0.39, 0.29) is 18.4 Å². The average Bonchev–Trinajstić information content (AvgIpc) is 2.85. The van der Waals surface area contributed by atoms with Gasteiger partial charge in [-0.25, -0.2) is 0 Å². The van der Waals surface area contributed by atoms with Crippen LogP contribution in [0.1, 0.15) is 28.3 Å². The maximum absolute atomic E-state index is 12.4. The molecule has 0 aromatic heterocycles. The van der Waals surface area contributed by atoms with E-state index in [1.807, 2.05) is 48.5 Å². The topological polar surface area (TPSA) is 73.1 Å². The zero-order chi connectivity index (χ0) is 16.2. The number of benzene rings is 2. The summed E-state index contributed by atoms with van der Waals surface area (Å²) in [6.45, 7) is 0. The van der Waals surface area contributed by atoms with Crippen LogP contribution in [-0.2, 0) is 24.1 Å². The molecule has 23 heavy (non-hydrogen) atoms. The molecule has 4 heteroatoms. The van der Waals surface area contributed by atoms with Crippen molar-refractivity contribution in [2.45, 2.75) is 31.4 Å². The Hall–Kier alpha value is -2.64. The summed E-state index contributed by atoms with van der Waals surface area (Å²) in [6.07, 6.45) is 0.471. The molecule has 0 bridgehead atoms. The lowest BCUT2D eigenvalue weighted by molar-refractivity contribution is -0.122. The van der Waals surface area contributed by atoms with Gasteiger partial charge in [-0.3, -0.25) is 4.79 Å². The molecule has 1 amide bonds. The molecule has 1 aliphatic rings. The van der Waals surface area contributed by atoms with Crippen LogP contribution in [0.4, 0.5) is 0 Å². The van der Waals surface area contributed by atoms with Crippen molar-refractivity contribution < 1.29 is 9.90 Å². The van der Waals surface area contributed by atoms with Gasteiger partial charge in [-0.2, -0.15) is 5.26 Å². The molecule has 0 saturated heterocycles. The van der Waals surface area contributed by atoms with Gasteiger partial charge >= 0.3 is 0 Å². The Morgan fingerprint density at radius 3 is 2.65 bits per heavy atom. The summed E-state index contributed by atoms with van der Waals surface area (Å²) in [5, 5.41) is 22.0. The summed E-state index contributed by atoms with van der Waals surface area (Å²) >= 11 is 0. The van der Waals surface area contributed by atoms with E-state index in [1.54, 1.807) is 0 Å².